The van der Waals surface area contributed by atoms with E-state index < -0.39 is 0 Å². The fraction of sp³-hybridized carbons (Fsp3) is 0.500. The molecule has 1 heterocycles. The standard InChI is InChI=1S/C11H16N2O.C2H6.CH3.Rh/c12-13-8-6-11(7-9-13)14-10-4-2-1-3-5-10;1-2;;/h1-5,11H,6-9,12H2;1-2H3;1H3;/q;;-1;. The van der Waals surface area contributed by atoms with Gasteiger partial charge in [0.2, 0.25) is 0 Å². The van der Waals surface area contributed by atoms with Crippen LogP contribution in [0.2, 0.25) is 0 Å². The number of hydrogen-bond donors (Lipinski definition) is 1. The Morgan fingerprint density at radius 2 is 1.61 bits per heavy atom. The van der Waals surface area contributed by atoms with Crippen LogP contribution in [0.3, 0.4) is 0 Å². The number of piperidine rings is 1. The summed E-state index contributed by atoms with van der Waals surface area (Å²) in [6.45, 7) is 5.86. The molecule has 2 N–H and O–H groups in total. The van der Waals surface area contributed by atoms with E-state index >= 15 is 0 Å². The van der Waals surface area contributed by atoms with E-state index in [1.54, 1.807) is 0 Å². The van der Waals surface area contributed by atoms with Crippen molar-refractivity contribution in [2.24, 2.45) is 5.84 Å². The summed E-state index contributed by atoms with van der Waals surface area (Å²) in [5.74, 6) is 6.63. The monoisotopic (exact) mass is 340 g/mol. The average Bonchev–Trinajstić information content (AvgIpc) is 2.36. The van der Waals surface area contributed by atoms with Crippen LogP contribution in [0.1, 0.15) is 26.7 Å². The molecular weight excluding hydrogens is 315 g/mol. The third-order valence-electron chi connectivity index (χ3n) is 2.52. The Hall–Kier alpha value is -0.437. The molecule has 1 fully saturated rings. The Kier molecular flexibility index (Phi) is 12.9. The smallest absolute Gasteiger partial charge is 0.119 e. The van der Waals surface area contributed by atoms with Crippen molar-refractivity contribution in [3.8, 4) is 5.75 Å². The molecule has 2 rings (SSSR count). The van der Waals surface area contributed by atoms with Crippen LogP contribution in [0.4, 0.5) is 0 Å². The number of hydrazine groups is 1. The number of rotatable bonds is 2. The number of nitrogens with two attached hydrogens (primary N) is 1. The topological polar surface area (TPSA) is 38.5 Å². The summed E-state index contributed by atoms with van der Waals surface area (Å²) in [4.78, 5) is 0. The van der Waals surface area contributed by atoms with Gasteiger partial charge in [-0.2, -0.15) is 0 Å². The molecule has 0 unspecified atom stereocenters. The molecule has 18 heavy (non-hydrogen) atoms. The molecule has 0 saturated carbocycles. The molecule has 0 amide bonds. The molecule has 107 valence electrons. The van der Waals surface area contributed by atoms with Crippen molar-refractivity contribution in [3.05, 3.63) is 37.8 Å². The third-order valence-corrected chi connectivity index (χ3v) is 2.52. The van der Waals surface area contributed by atoms with E-state index in [-0.39, 0.29) is 26.9 Å². The molecule has 0 atom stereocenters. The number of hydrogen-bond acceptors (Lipinski definition) is 3. The summed E-state index contributed by atoms with van der Waals surface area (Å²) < 4.78 is 5.82. The predicted octanol–water partition coefficient (Wildman–Crippen LogP) is 2.88. The molecule has 4 heteroatoms. The minimum Gasteiger partial charge on any atom is -0.490 e. The van der Waals surface area contributed by atoms with Crippen LogP contribution in [-0.2, 0) is 19.5 Å². The van der Waals surface area contributed by atoms with Crippen molar-refractivity contribution in [1.82, 2.24) is 5.01 Å². The second-order valence-electron chi connectivity index (χ2n) is 3.67. The van der Waals surface area contributed by atoms with E-state index in [1.165, 1.54) is 0 Å². The molecule has 1 saturated heterocycles. The van der Waals surface area contributed by atoms with Gasteiger partial charge in [-0.3, -0.25) is 5.84 Å². The molecule has 0 aliphatic carbocycles. The molecule has 1 aliphatic heterocycles. The first-order valence-electron chi connectivity index (χ1n) is 6.06. The van der Waals surface area contributed by atoms with Gasteiger partial charge in [-0.1, -0.05) is 32.0 Å². The zero-order valence-corrected chi connectivity index (χ0v) is 13.2. The SMILES string of the molecule is CC.NN1CCC(Oc2ccccc2)CC1.[CH3-].[Rh]. The molecule has 0 spiro atoms. The molecule has 0 aromatic heterocycles. The van der Waals surface area contributed by atoms with Crippen molar-refractivity contribution in [2.75, 3.05) is 13.1 Å². The summed E-state index contributed by atoms with van der Waals surface area (Å²) in [6.07, 6.45) is 2.37. The maximum atomic E-state index is 5.82. The molecule has 1 aromatic rings. The zero-order chi connectivity index (χ0) is 11.8. The molecular formula is C14H25N2ORh-. The van der Waals surface area contributed by atoms with Gasteiger partial charge in [0.25, 0.3) is 0 Å². The summed E-state index contributed by atoms with van der Waals surface area (Å²) in [5, 5.41) is 1.85. The third kappa shape index (κ3) is 7.10. The van der Waals surface area contributed by atoms with Crippen LogP contribution in [-0.4, -0.2) is 24.2 Å². The number of para-hydroxylation sites is 1. The van der Waals surface area contributed by atoms with Crippen LogP contribution >= 0.6 is 0 Å². The fourth-order valence-electron chi connectivity index (χ4n) is 1.69. The van der Waals surface area contributed by atoms with E-state index in [0.717, 1.165) is 31.7 Å². The van der Waals surface area contributed by atoms with E-state index in [0.29, 0.717) is 6.10 Å². The first-order chi connectivity index (χ1) is 7.84. The van der Waals surface area contributed by atoms with Crippen molar-refractivity contribution in [2.45, 2.75) is 32.8 Å². The molecule has 3 nitrogen and oxygen atoms in total. The minimum atomic E-state index is 0. The summed E-state index contributed by atoms with van der Waals surface area (Å²) in [6, 6.07) is 9.97. The van der Waals surface area contributed by atoms with Gasteiger partial charge >= 0.3 is 0 Å². The number of benzene rings is 1. The average molecular weight is 340 g/mol. The van der Waals surface area contributed by atoms with E-state index in [9.17, 15) is 0 Å². The van der Waals surface area contributed by atoms with E-state index in [2.05, 4.69) is 0 Å². The van der Waals surface area contributed by atoms with Gasteiger partial charge in [-0.05, 0) is 25.0 Å². The minimum absolute atomic E-state index is 0. The Morgan fingerprint density at radius 1 is 1.11 bits per heavy atom. The number of ether oxygens (including phenoxy) is 1. The fourth-order valence-corrected chi connectivity index (χ4v) is 1.69. The maximum Gasteiger partial charge on any atom is 0.119 e. The first kappa shape index (κ1) is 19.9. The number of nitrogens with zero attached hydrogens (tertiary/aromatic N) is 1. The largest absolute Gasteiger partial charge is 0.490 e. The van der Waals surface area contributed by atoms with Crippen LogP contribution < -0.4 is 10.6 Å². The quantitative estimate of drug-likeness (QED) is 0.511. The van der Waals surface area contributed by atoms with Gasteiger partial charge in [-0.15, -0.1) is 0 Å². The van der Waals surface area contributed by atoms with Gasteiger partial charge in [0, 0.05) is 32.6 Å². The Labute approximate surface area is 124 Å². The Bertz CT molecular complexity index is 274. The van der Waals surface area contributed by atoms with Crippen molar-refractivity contribution in [3.63, 3.8) is 0 Å². The van der Waals surface area contributed by atoms with E-state index in [4.69, 9.17) is 10.6 Å². The summed E-state index contributed by atoms with van der Waals surface area (Å²) in [7, 11) is 0. The zero-order valence-electron chi connectivity index (χ0n) is 11.6. The second-order valence-corrected chi connectivity index (χ2v) is 3.67. The van der Waals surface area contributed by atoms with Crippen LogP contribution in [0.15, 0.2) is 30.3 Å². The molecule has 0 bridgehead atoms. The van der Waals surface area contributed by atoms with Gasteiger partial charge < -0.3 is 12.2 Å². The maximum absolute atomic E-state index is 5.82. The van der Waals surface area contributed by atoms with Crippen LogP contribution in [0, 0.1) is 7.43 Å². The van der Waals surface area contributed by atoms with E-state index in [1.807, 2.05) is 49.2 Å². The molecule has 1 radical (unpaired) electrons. The van der Waals surface area contributed by atoms with Gasteiger partial charge in [-0.25, -0.2) is 5.01 Å². The van der Waals surface area contributed by atoms with Crippen LogP contribution in [0.25, 0.3) is 0 Å². The molecule has 1 aromatic carbocycles. The summed E-state index contributed by atoms with van der Waals surface area (Å²) >= 11 is 0. The second kappa shape index (κ2) is 11.6. The normalized spacial score (nSPS) is 15.5. The van der Waals surface area contributed by atoms with Gasteiger partial charge in [0.1, 0.15) is 11.9 Å². The van der Waals surface area contributed by atoms with Crippen molar-refractivity contribution >= 4 is 0 Å². The van der Waals surface area contributed by atoms with Crippen molar-refractivity contribution in [1.29, 1.82) is 0 Å². The van der Waals surface area contributed by atoms with Crippen LogP contribution in [0.5, 0.6) is 5.75 Å². The van der Waals surface area contributed by atoms with Crippen molar-refractivity contribution < 1.29 is 24.2 Å². The predicted molar refractivity (Wildman–Crippen MR) is 73.6 cm³/mol. The first-order valence-corrected chi connectivity index (χ1v) is 6.06. The van der Waals surface area contributed by atoms with Gasteiger partial charge in [0.05, 0.1) is 0 Å². The Balaban J connectivity index is 0. The summed E-state index contributed by atoms with van der Waals surface area (Å²) in [5.41, 5.74) is 0. The van der Waals surface area contributed by atoms with Gasteiger partial charge in [0.15, 0.2) is 0 Å². The Morgan fingerprint density at radius 3 is 2.11 bits per heavy atom. The molecule has 1 aliphatic rings.